The van der Waals surface area contributed by atoms with Crippen LogP contribution in [0, 0.1) is 0 Å². The van der Waals surface area contributed by atoms with Gasteiger partial charge in [-0.2, -0.15) is 13.2 Å². The first-order valence-electron chi connectivity index (χ1n) is 6.09. The lowest BCUT2D eigenvalue weighted by atomic mass is 10.1. The number of aromatic nitrogens is 1. The van der Waals surface area contributed by atoms with Crippen LogP contribution in [0.3, 0.4) is 0 Å². The normalized spacial score (nSPS) is 12.2. The molecule has 1 heterocycles. The smallest absolute Gasteiger partial charge is 0.346 e. The average Bonchev–Trinajstić information content (AvgIpc) is 2.66. The molecule has 0 saturated heterocycles. The molecule has 0 aliphatic carbocycles. The fourth-order valence-electron chi connectivity index (χ4n) is 2.14. The van der Waals surface area contributed by atoms with E-state index >= 15 is 0 Å². The number of fused-ring (bicyclic) bond motifs is 1. The third kappa shape index (κ3) is 3.84. The van der Waals surface area contributed by atoms with Crippen LogP contribution in [0.2, 0.25) is 5.02 Å². The van der Waals surface area contributed by atoms with Gasteiger partial charge in [-0.25, -0.2) is 0 Å². The van der Waals surface area contributed by atoms with Gasteiger partial charge < -0.3 is 10.3 Å². The molecule has 0 fully saturated rings. The Bertz CT molecular complexity index is 595. The molecule has 0 aliphatic rings. The highest BCUT2D eigenvalue weighted by atomic mass is 35.5. The Labute approximate surface area is 124 Å². The summed E-state index contributed by atoms with van der Waals surface area (Å²) in [5, 5.41) is 1.57. The van der Waals surface area contributed by atoms with E-state index in [0.29, 0.717) is 18.0 Å². The maximum atomic E-state index is 12.2. The lowest BCUT2D eigenvalue weighted by Gasteiger charge is -2.07. The Morgan fingerprint density at radius 1 is 1.30 bits per heavy atom. The molecule has 0 aliphatic heterocycles. The molecular formula is C13H14ClF3N2S. The first kappa shape index (κ1) is 15.5. The summed E-state index contributed by atoms with van der Waals surface area (Å²) in [5.41, 5.74) is 3.25. The Hall–Kier alpha value is -0.850. The molecular weight excluding hydrogens is 309 g/mol. The van der Waals surface area contributed by atoms with Crippen LogP contribution < -0.4 is 5.73 Å². The molecule has 0 bridgehead atoms. The first-order valence-corrected chi connectivity index (χ1v) is 7.45. The second kappa shape index (κ2) is 6.28. The minimum atomic E-state index is -4.19. The summed E-state index contributed by atoms with van der Waals surface area (Å²) in [6.45, 7) is 0.782. The number of hydrogen-bond donors (Lipinski definition) is 1. The molecule has 7 heteroatoms. The van der Waals surface area contributed by atoms with E-state index in [2.05, 4.69) is 0 Å². The zero-order valence-electron chi connectivity index (χ0n) is 10.6. The molecule has 2 N–H and O–H groups in total. The van der Waals surface area contributed by atoms with E-state index in [1.807, 2.05) is 16.8 Å². The van der Waals surface area contributed by atoms with E-state index in [-0.39, 0.29) is 24.1 Å². The molecule has 2 aromatic rings. The molecule has 110 valence electrons. The topological polar surface area (TPSA) is 30.9 Å². The van der Waals surface area contributed by atoms with Gasteiger partial charge in [-0.05, 0) is 42.4 Å². The Morgan fingerprint density at radius 3 is 2.70 bits per heavy atom. The molecule has 0 saturated carbocycles. The Morgan fingerprint density at radius 2 is 2.05 bits per heavy atom. The van der Waals surface area contributed by atoms with E-state index in [1.165, 1.54) is 0 Å². The van der Waals surface area contributed by atoms with Gasteiger partial charge in [0, 0.05) is 34.4 Å². The SMILES string of the molecule is NCCc1cn(CCSC(F)(F)F)c2cc(Cl)ccc12. The molecule has 0 amide bonds. The number of nitrogens with two attached hydrogens (primary N) is 1. The predicted molar refractivity (Wildman–Crippen MR) is 78.2 cm³/mol. The predicted octanol–water partition coefficient (Wildman–Crippen LogP) is 4.05. The summed E-state index contributed by atoms with van der Waals surface area (Å²) in [7, 11) is 0. The zero-order valence-corrected chi connectivity index (χ0v) is 12.2. The summed E-state index contributed by atoms with van der Waals surface area (Å²) < 4.78 is 38.3. The monoisotopic (exact) mass is 322 g/mol. The van der Waals surface area contributed by atoms with Gasteiger partial charge in [0.2, 0.25) is 0 Å². The van der Waals surface area contributed by atoms with Crippen molar-refractivity contribution in [3.8, 4) is 0 Å². The minimum absolute atomic E-state index is 0.0147. The highest BCUT2D eigenvalue weighted by molar-refractivity contribution is 8.00. The number of halogens is 4. The average molecular weight is 323 g/mol. The largest absolute Gasteiger partial charge is 0.441 e. The van der Waals surface area contributed by atoms with E-state index in [1.54, 1.807) is 12.1 Å². The third-order valence-corrected chi connectivity index (χ3v) is 3.89. The number of nitrogens with zero attached hydrogens (tertiary/aromatic N) is 1. The van der Waals surface area contributed by atoms with Crippen molar-refractivity contribution in [1.29, 1.82) is 0 Å². The molecule has 0 radical (unpaired) electrons. The molecule has 2 rings (SSSR count). The Kier molecular flexibility index (Phi) is 4.88. The van der Waals surface area contributed by atoms with Crippen molar-refractivity contribution in [3.63, 3.8) is 0 Å². The number of hydrogen-bond acceptors (Lipinski definition) is 2. The lowest BCUT2D eigenvalue weighted by molar-refractivity contribution is -0.0328. The quantitative estimate of drug-likeness (QED) is 0.900. The minimum Gasteiger partial charge on any atom is -0.346 e. The standard InChI is InChI=1S/C13H14ClF3N2S/c14-10-1-2-11-9(3-4-18)8-19(12(11)7-10)5-6-20-13(15,16)17/h1-2,7-8H,3-6,18H2. The van der Waals surface area contributed by atoms with E-state index in [9.17, 15) is 13.2 Å². The summed E-state index contributed by atoms with van der Waals surface area (Å²) in [5.74, 6) is -0.0259. The van der Waals surface area contributed by atoms with Crippen LogP contribution in [0.25, 0.3) is 10.9 Å². The molecule has 1 aromatic heterocycles. The molecule has 1 aromatic carbocycles. The van der Waals surface area contributed by atoms with Gasteiger partial charge in [-0.3, -0.25) is 0 Å². The van der Waals surface area contributed by atoms with Crippen LogP contribution in [0.15, 0.2) is 24.4 Å². The summed E-state index contributed by atoms with van der Waals surface area (Å²) in [6, 6.07) is 5.43. The van der Waals surface area contributed by atoms with Crippen LogP contribution in [0.4, 0.5) is 13.2 Å². The number of rotatable bonds is 5. The first-order chi connectivity index (χ1) is 9.40. The van der Waals surface area contributed by atoms with Crippen LogP contribution >= 0.6 is 23.4 Å². The van der Waals surface area contributed by atoms with Crippen LogP contribution in [0.1, 0.15) is 5.56 Å². The van der Waals surface area contributed by atoms with Crippen molar-refractivity contribution in [1.82, 2.24) is 4.57 Å². The molecule has 0 atom stereocenters. The maximum Gasteiger partial charge on any atom is 0.441 e. The van der Waals surface area contributed by atoms with Crippen LogP contribution in [0.5, 0.6) is 0 Å². The highest BCUT2D eigenvalue weighted by Gasteiger charge is 2.27. The van der Waals surface area contributed by atoms with Crippen molar-refractivity contribution in [2.24, 2.45) is 5.73 Å². The van der Waals surface area contributed by atoms with Gasteiger partial charge in [-0.15, -0.1) is 0 Å². The molecule has 0 spiro atoms. The number of benzene rings is 1. The Balaban J connectivity index is 2.25. The molecule has 20 heavy (non-hydrogen) atoms. The van der Waals surface area contributed by atoms with Crippen molar-refractivity contribution in [2.75, 3.05) is 12.3 Å². The summed E-state index contributed by atoms with van der Waals surface area (Å²) in [4.78, 5) is 0. The summed E-state index contributed by atoms with van der Waals surface area (Å²) in [6.07, 6.45) is 2.56. The van der Waals surface area contributed by atoms with Gasteiger partial charge in [0.25, 0.3) is 0 Å². The highest BCUT2D eigenvalue weighted by Crippen LogP contribution is 2.31. The van der Waals surface area contributed by atoms with E-state index in [0.717, 1.165) is 16.5 Å². The second-order valence-electron chi connectivity index (χ2n) is 4.34. The van der Waals surface area contributed by atoms with Crippen molar-refractivity contribution >= 4 is 34.3 Å². The van der Waals surface area contributed by atoms with Crippen molar-refractivity contribution in [3.05, 3.63) is 35.0 Å². The van der Waals surface area contributed by atoms with Crippen molar-refractivity contribution in [2.45, 2.75) is 18.5 Å². The number of aryl methyl sites for hydroxylation is 1. The van der Waals surface area contributed by atoms with E-state index < -0.39 is 5.51 Å². The number of alkyl halides is 3. The zero-order chi connectivity index (χ0) is 14.8. The number of thioether (sulfide) groups is 1. The van der Waals surface area contributed by atoms with Gasteiger partial charge in [0.15, 0.2) is 0 Å². The third-order valence-electron chi connectivity index (χ3n) is 2.94. The van der Waals surface area contributed by atoms with Crippen LogP contribution in [-0.2, 0) is 13.0 Å². The van der Waals surface area contributed by atoms with E-state index in [4.69, 9.17) is 17.3 Å². The molecule has 2 nitrogen and oxygen atoms in total. The lowest BCUT2D eigenvalue weighted by Crippen LogP contribution is -2.06. The van der Waals surface area contributed by atoms with Gasteiger partial charge in [0.05, 0.1) is 0 Å². The van der Waals surface area contributed by atoms with Crippen LogP contribution in [-0.4, -0.2) is 22.4 Å². The van der Waals surface area contributed by atoms with Gasteiger partial charge in [0.1, 0.15) is 0 Å². The fourth-order valence-corrected chi connectivity index (χ4v) is 2.83. The maximum absolute atomic E-state index is 12.2. The second-order valence-corrected chi connectivity index (χ2v) is 5.94. The van der Waals surface area contributed by atoms with Gasteiger partial charge in [-0.1, -0.05) is 17.7 Å². The summed E-state index contributed by atoms with van der Waals surface area (Å²) >= 11 is 5.95. The van der Waals surface area contributed by atoms with Crippen molar-refractivity contribution < 1.29 is 13.2 Å². The fraction of sp³-hybridized carbons (Fsp3) is 0.385. The molecule has 0 unspecified atom stereocenters. The van der Waals surface area contributed by atoms with Gasteiger partial charge >= 0.3 is 5.51 Å².